The monoisotopic (exact) mass is 184 g/mol. The van der Waals surface area contributed by atoms with Gasteiger partial charge in [0.15, 0.2) is 0 Å². The van der Waals surface area contributed by atoms with Crippen LogP contribution in [0.25, 0.3) is 0 Å². The molecule has 3 N–H and O–H groups in total. The van der Waals surface area contributed by atoms with Crippen LogP contribution in [0, 0.1) is 0 Å². The summed E-state index contributed by atoms with van der Waals surface area (Å²) in [4.78, 5) is 21.8. The zero-order valence-corrected chi connectivity index (χ0v) is 8.09. The largest absolute Gasteiger partial charge is 0.364 e. The van der Waals surface area contributed by atoms with Crippen LogP contribution in [-0.2, 0) is 9.59 Å². The van der Waals surface area contributed by atoms with Crippen LogP contribution in [0.15, 0.2) is 11.8 Å². The second kappa shape index (κ2) is 6.22. The molecule has 0 aliphatic heterocycles. The normalized spacial score (nSPS) is 11.1. The third-order valence-corrected chi connectivity index (χ3v) is 1.42. The molecule has 0 saturated heterocycles. The number of nitrogens with two attached hydrogens (primary N) is 1. The fourth-order valence-electron chi connectivity index (χ4n) is 0.857. The van der Waals surface area contributed by atoms with Gasteiger partial charge in [0.05, 0.1) is 0 Å². The molecule has 0 aliphatic carbocycles. The predicted octanol–water partition coefficient (Wildman–Crippen LogP) is 0.682. The molecule has 0 aromatic rings. The SMILES string of the molecule is CC/C=C(/NC(=O)CCC)C(N)=O. The highest BCUT2D eigenvalue weighted by Crippen LogP contribution is 1.94. The van der Waals surface area contributed by atoms with Gasteiger partial charge in [0, 0.05) is 6.42 Å². The molecule has 4 heteroatoms. The van der Waals surface area contributed by atoms with E-state index >= 15 is 0 Å². The molecule has 74 valence electrons. The predicted molar refractivity (Wildman–Crippen MR) is 50.6 cm³/mol. The van der Waals surface area contributed by atoms with Crippen LogP contribution in [0.5, 0.6) is 0 Å². The number of hydrogen-bond acceptors (Lipinski definition) is 2. The topological polar surface area (TPSA) is 72.2 Å². The Balaban J connectivity index is 4.19. The highest BCUT2D eigenvalue weighted by molar-refractivity contribution is 5.96. The Kier molecular flexibility index (Phi) is 5.59. The van der Waals surface area contributed by atoms with Crippen LogP contribution < -0.4 is 11.1 Å². The van der Waals surface area contributed by atoms with E-state index in [9.17, 15) is 9.59 Å². The summed E-state index contributed by atoms with van der Waals surface area (Å²) in [5.74, 6) is -0.757. The first-order chi connectivity index (χ1) is 6.11. The Labute approximate surface area is 78.2 Å². The van der Waals surface area contributed by atoms with Gasteiger partial charge in [-0.05, 0) is 12.8 Å². The first-order valence-corrected chi connectivity index (χ1v) is 4.41. The van der Waals surface area contributed by atoms with Crippen LogP contribution in [0.3, 0.4) is 0 Å². The molecule has 0 unspecified atom stereocenters. The first-order valence-electron chi connectivity index (χ1n) is 4.41. The van der Waals surface area contributed by atoms with Gasteiger partial charge in [-0.15, -0.1) is 0 Å². The summed E-state index contributed by atoms with van der Waals surface area (Å²) in [6.45, 7) is 3.77. The van der Waals surface area contributed by atoms with Crippen molar-refractivity contribution in [2.75, 3.05) is 0 Å². The number of primary amides is 1. The molecule has 0 aliphatic rings. The van der Waals surface area contributed by atoms with Crippen molar-refractivity contribution in [2.24, 2.45) is 5.73 Å². The van der Waals surface area contributed by atoms with E-state index in [1.807, 2.05) is 13.8 Å². The maximum absolute atomic E-state index is 11.1. The van der Waals surface area contributed by atoms with Crippen LogP contribution in [-0.4, -0.2) is 11.8 Å². The number of nitrogens with one attached hydrogen (secondary N) is 1. The standard InChI is InChI=1S/C9H16N2O2/c1-3-5-7(9(10)13)11-8(12)6-4-2/h5H,3-4,6H2,1-2H3,(H2,10,13)(H,11,12)/b7-5+. The Hall–Kier alpha value is -1.32. The van der Waals surface area contributed by atoms with Gasteiger partial charge in [-0.1, -0.05) is 19.9 Å². The van der Waals surface area contributed by atoms with Crippen molar-refractivity contribution in [1.29, 1.82) is 0 Å². The van der Waals surface area contributed by atoms with E-state index in [-0.39, 0.29) is 11.6 Å². The van der Waals surface area contributed by atoms with E-state index in [0.717, 1.165) is 6.42 Å². The molecule has 0 radical (unpaired) electrons. The maximum atomic E-state index is 11.1. The lowest BCUT2D eigenvalue weighted by molar-refractivity contribution is -0.122. The summed E-state index contributed by atoms with van der Waals surface area (Å²) in [5, 5.41) is 2.47. The molecule has 0 saturated carbocycles. The second-order valence-corrected chi connectivity index (χ2v) is 2.69. The number of amides is 2. The maximum Gasteiger partial charge on any atom is 0.264 e. The smallest absolute Gasteiger partial charge is 0.264 e. The minimum Gasteiger partial charge on any atom is -0.364 e. The van der Waals surface area contributed by atoms with E-state index in [0.29, 0.717) is 12.8 Å². The van der Waals surface area contributed by atoms with Gasteiger partial charge in [0.25, 0.3) is 5.91 Å². The number of hydrogen-bond donors (Lipinski definition) is 2. The molecule has 0 aromatic carbocycles. The molecule has 0 aromatic heterocycles. The first kappa shape index (κ1) is 11.7. The summed E-state index contributed by atoms with van der Waals surface area (Å²) in [6.07, 6.45) is 3.44. The Bertz CT molecular complexity index is 222. The fourth-order valence-corrected chi connectivity index (χ4v) is 0.857. The molecule has 2 amide bonds. The number of rotatable bonds is 5. The Morgan fingerprint density at radius 1 is 1.38 bits per heavy atom. The Morgan fingerprint density at radius 3 is 2.38 bits per heavy atom. The van der Waals surface area contributed by atoms with Crippen molar-refractivity contribution < 1.29 is 9.59 Å². The van der Waals surface area contributed by atoms with Gasteiger partial charge in [-0.25, -0.2) is 0 Å². The highest BCUT2D eigenvalue weighted by Gasteiger charge is 2.07. The summed E-state index contributed by atoms with van der Waals surface area (Å²) >= 11 is 0. The molecular formula is C9H16N2O2. The fraction of sp³-hybridized carbons (Fsp3) is 0.556. The van der Waals surface area contributed by atoms with Crippen molar-refractivity contribution in [1.82, 2.24) is 5.32 Å². The quantitative estimate of drug-likeness (QED) is 0.617. The third-order valence-electron chi connectivity index (χ3n) is 1.42. The van der Waals surface area contributed by atoms with E-state index in [4.69, 9.17) is 5.73 Å². The third kappa shape index (κ3) is 5.00. The average Bonchev–Trinajstić information content (AvgIpc) is 2.04. The molecule has 13 heavy (non-hydrogen) atoms. The van der Waals surface area contributed by atoms with Gasteiger partial charge in [0.2, 0.25) is 5.91 Å². The number of allylic oxidation sites excluding steroid dienone is 1. The van der Waals surface area contributed by atoms with E-state index in [2.05, 4.69) is 5.32 Å². The van der Waals surface area contributed by atoms with Gasteiger partial charge < -0.3 is 11.1 Å². The minimum absolute atomic E-state index is 0.166. The summed E-state index contributed by atoms with van der Waals surface area (Å²) in [6, 6.07) is 0. The van der Waals surface area contributed by atoms with E-state index in [1.165, 1.54) is 0 Å². The molecule has 0 heterocycles. The van der Waals surface area contributed by atoms with Crippen LogP contribution in [0.2, 0.25) is 0 Å². The molecule has 0 bridgehead atoms. The zero-order valence-electron chi connectivity index (χ0n) is 8.09. The zero-order chi connectivity index (χ0) is 10.3. The van der Waals surface area contributed by atoms with Crippen LogP contribution in [0.4, 0.5) is 0 Å². The number of carbonyl (C=O) groups is 2. The van der Waals surface area contributed by atoms with Crippen LogP contribution >= 0.6 is 0 Å². The van der Waals surface area contributed by atoms with Crippen molar-refractivity contribution in [3.8, 4) is 0 Å². The molecule has 0 spiro atoms. The minimum atomic E-state index is -0.591. The summed E-state index contributed by atoms with van der Waals surface area (Å²) in [5.41, 5.74) is 5.24. The lowest BCUT2D eigenvalue weighted by atomic mass is 10.3. The molecule has 0 rings (SSSR count). The van der Waals surface area contributed by atoms with Gasteiger partial charge in [-0.3, -0.25) is 9.59 Å². The highest BCUT2D eigenvalue weighted by atomic mass is 16.2. The molecule has 4 nitrogen and oxygen atoms in total. The number of carbonyl (C=O) groups excluding carboxylic acids is 2. The van der Waals surface area contributed by atoms with Crippen molar-refractivity contribution in [2.45, 2.75) is 33.1 Å². The second-order valence-electron chi connectivity index (χ2n) is 2.69. The lowest BCUT2D eigenvalue weighted by Crippen LogP contribution is -2.30. The van der Waals surface area contributed by atoms with Gasteiger partial charge >= 0.3 is 0 Å². The van der Waals surface area contributed by atoms with Crippen molar-refractivity contribution >= 4 is 11.8 Å². The molecule has 0 fully saturated rings. The Morgan fingerprint density at radius 2 is 2.00 bits per heavy atom. The molecule has 0 atom stereocenters. The van der Waals surface area contributed by atoms with Crippen molar-refractivity contribution in [3.05, 3.63) is 11.8 Å². The van der Waals surface area contributed by atoms with Gasteiger partial charge in [-0.2, -0.15) is 0 Å². The van der Waals surface area contributed by atoms with E-state index < -0.39 is 5.91 Å². The van der Waals surface area contributed by atoms with E-state index in [1.54, 1.807) is 6.08 Å². The summed E-state index contributed by atoms with van der Waals surface area (Å²) in [7, 11) is 0. The lowest BCUT2D eigenvalue weighted by Gasteiger charge is -2.04. The molecular weight excluding hydrogens is 168 g/mol. The average molecular weight is 184 g/mol. The van der Waals surface area contributed by atoms with Crippen molar-refractivity contribution in [3.63, 3.8) is 0 Å². The van der Waals surface area contributed by atoms with Gasteiger partial charge in [0.1, 0.15) is 5.70 Å². The van der Waals surface area contributed by atoms with Crippen LogP contribution in [0.1, 0.15) is 33.1 Å². The summed E-state index contributed by atoms with van der Waals surface area (Å²) < 4.78 is 0.